The van der Waals surface area contributed by atoms with Gasteiger partial charge in [-0.05, 0) is 43.3 Å². The molecule has 4 rings (SSSR count). The summed E-state index contributed by atoms with van der Waals surface area (Å²) in [6, 6.07) is 21.9. The van der Waals surface area contributed by atoms with E-state index >= 15 is 0 Å². The molecule has 0 spiro atoms. The molecule has 3 aromatic carbocycles. The minimum Gasteiger partial charge on any atom is -0.451 e. The predicted molar refractivity (Wildman–Crippen MR) is 125 cm³/mol. The Morgan fingerprint density at radius 2 is 1.39 bits per heavy atom. The Morgan fingerprint density at radius 1 is 0.848 bits per heavy atom. The number of rotatable bonds is 5. The molecule has 0 saturated carbocycles. The number of pyridine rings is 1. The number of esters is 1. The van der Waals surface area contributed by atoms with Crippen LogP contribution < -0.4 is 16.1 Å². The number of anilines is 1. The van der Waals surface area contributed by atoms with Crippen molar-refractivity contribution in [1.82, 2.24) is 9.88 Å². The standard InChI is InChI=1S/C25H21N3O5/c1-16(24(31)27-25(32)26-17-9-3-2-4-10-17)33-22(29)15-28-20-13-7-5-11-18(20)23(30)19-12-6-8-14-21(19)28/h2-14,16H,15H2,1H3,(H2,26,27,31,32). The van der Waals surface area contributed by atoms with Gasteiger partial charge in [-0.3, -0.25) is 19.7 Å². The highest BCUT2D eigenvalue weighted by molar-refractivity contribution is 6.03. The molecule has 1 heterocycles. The quantitative estimate of drug-likeness (QED) is 0.363. The van der Waals surface area contributed by atoms with Crippen molar-refractivity contribution >= 4 is 45.4 Å². The van der Waals surface area contributed by atoms with E-state index in [-0.39, 0.29) is 12.0 Å². The van der Waals surface area contributed by atoms with Crippen LogP contribution in [0.15, 0.2) is 83.7 Å². The molecule has 0 fully saturated rings. The van der Waals surface area contributed by atoms with Crippen LogP contribution in [0, 0.1) is 0 Å². The third-order valence-electron chi connectivity index (χ3n) is 5.11. The van der Waals surface area contributed by atoms with Gasteiger partial charge in [0.05, 0.1) is 11.0 Å². The van der Waals surface area contributed by atoms with Crippen molar-refractivity contribution < 1.29 is 19.1 Å². The van der Waals surface area contributed by atoms with Crippen LogP contribution >= 0.6 is 0 Å². The number of nitrogens with zero attached hydrogens (tertiary/aromatic N) is 1. The summed E-state index contributed by atoms with van der Waals surface area (Å²) < 4.78 is 6.95. The number of ether oxygens (including phenoxy) is 1. The molecule has 0 aliphatic heterocycles. The number of hydrogen-bond donors (Lipinski definition) is 2. The molecule has 1 aromatic heterocycles. The van der Waals surface area contributed by atoms with Gasteiger partial charge in [-0.15, -0.1) is 0 Å². The minimum atomic E-state index is -1.20. The Hall–Kier alpha value is -4.46. The Balaban J connectivity index is 1.48. The van der Waals surface area contributed by atoms with Crippen LogP contribution in [0.25, 0.3) is 21.8 Å². The monoisotopic (exact) mass is 443 g/mol. The zero-order valence-corrected chi connectivity index (χ0v) is 17.8. The van der Waals surface area contributed by atoms with Crippen molar-refractivity contribution in [2.75, 3.05) is 5.32 Å². The van der Waals surface area contributed by atoms with Gasteiger partial charge in [-0.25, -0.2) is 4.79 Å². The molecule has 0 saturated heterocycles. The van der Waals surface area contributed by atoms with E-state index in [9.17, 15) is 19.2 Å². The highest BCUT2D eigenvalue weighted by Gasteiger charge is 2.21. The molecule has 0 aliphatic carbocycles. The van der Waals surface area contributed by atoms with Crippen LogP contribution in [0.3, 0.4) is 0 Å². The first-order valence-electron chi connectivity index (χ1n) is 10.3. The van der Waals surface area contributed by atoms with Crippen molar-refractivity contribution in [3.8, 4) is 0 Å². The van der Waals surface area contributed by atoms with Crippen molar-refractivity contribution in [3.63, 3.8) is 0 Å². The van der Waals surface area contributed by atoms with E-state index in [0.29, 0.717) is 27.5 Å². The third kappa shape index (κ3) is 4.74. The molecule has 4 aromatic rings. The normalized spacial score (nSPS) is 11.7. The second-order valence-corrected chi connectivity index (χ2v) is 7.39. The lowest BCUT2D eigenvalue weighted by Gasteiger charge is -2.17. The first-order chi connectivity index (χ1) is 15.9. The van der Waals surface area contributed by atoms with E-state index < -0.39 is 24.0 Å². The largest absolute Gasteiger partial charge is 0.451 e. The van der Waals surface area contributed by atoms with Crippen LogP contribution in [0.4, 0.5) is 10.5 Å². The van der Waals surface area contributed by atoms with Crippen LogP contribution in [-0.2, 0) is 20.9 Å². The number of carbonyl (C=O) groups is 3. The molecule has 8 nitrogen and oxygen atoms in total. The fourth-order valence-electron chi connectivity index (χ4n) is 3.56. The lowest BCUT2D eigenvalue weighted by Crippen LogP contribution is -2.42. The molecule has 3 amide bonds. The van der Waals surface area contributed by atoms with Crippen LogP contribution in [0.5, 0.6) is 0 Å². The number of fused-ring (bicyclic) bond motifs is 2. The number of urea groups is 1. The van der Waals surface area contributed by atoms with E-state index in [1.54, 1.807) is 83.4 Å². The average molecular weight is 443 g/mol. The van der Waals surface area contributed by atoms with Gasteiger partial charge in [0.25, 0.3) is 5.91 Å². The Bertz CT molecular complexity index is 1350. The molecule has 2 N–H and O–H groups in total. The first kappa shape index (κ1) is 21.8. The van der Waals surface area contributed by atoms with Gasteiger partial charge in [0.1, 0.15) is 6.54 Å². The van der Waals surface area contributed by atoms with Crippen LogP contribution in [0.2, 0.25) is 0 Å². The number of para-hydroxylation sites is 3. The van der Waals surface area contributed by atoms with E-state index in [1.807, 2.05) is 0 Å². The SMILES string of the molecule is CC(OC(=O)Cn1c2ccccc2c(=O)c2ccccc21)C(=O)NC(=O)Nc1ccccc1. The number of imide groups is 1. The Labute approximate surface area is 188 Å². The van der Waals surface area contributed by atoms with Crippen molar-refractivity contribution in [3.05, 3.63) is 89.1 Å². The lowest BCUT2D eigenvalue weighted by atomic mass is 10.1. The van der Waals surface area contributed by atoms with Gasteiger partial charge >= 0.3 is 12.0 Å². The van der Waals surface area contributed by atoms with Crippen LogP contribution in [0.1, 0.15) is 6.92 Å². The number of amides is 3. The second-order valence-electron chi connectivity index (χ2n) is 7.39. The summed E-state index contributed by atoms with van der Waals surface area (Å²) in [5.41, 5.74) is 1.56. The molecule has 0 aliphatic rings. The molecule has 1 unspecified atom stereocenters. The lowest BCUT2D eigenvalue weighted by molar-refractivity contribution is -0.154. The van der Waals surface area contributed by atoms with E-state index in [0.717, 1.165) is 0 Å². The first-order valence-corrected chi connectivity index (χ1v) is 10.3. The molecule has 33 heavy (non-hydrogen) atoms. The number of carbonyl (C=O) groups excluding carboxylic acids is 3. The number of nitrogens with one attached hydrogen (secondary N) is 2. The van der Waals surface area contributed by atoms with Gasteiger partial charge in [0.15, 0.2) is 11.5 Å². The minimum absolute atomic E-state index is 0.122. The molecule has 8 heteroatoms. The average Bonchev–Trinajstić information content (AvgIpc) is 2.82. The number of aromatic nitrogens is 1. The summed E-state index contributed by atoms with van der Waals surface area (Å²) in [4.78, 5) is 49.8. The second kappa shape index (κ2) is 9.35. The Morgan fingerprint density at radius 3 is 2.00 bits per heavy atom. The highest BCUT2D eigenvalue weighted by atomic mass is 16.5. The summed E-state index contributed by atoms with van der Waals surface area (Å²) in [6.07, 6.45) is -1.20. The summed E-state index contributed by atoms with van der Waals surface area (Å²) in [5, 5.41) is 5.63. The molecular formula is C25H21N3O5. The maximum Gasteiger partial charge on any atom is 0.326 e. The molecule has 166 valence electrons. The molecular weight excluding hydrogens is 422 g/mol. The van der Waals surface area contributed by atoms with E-state index in [2.05, 4.69) is 10.6 Å². The zero-order chi connectivity index (χ0) is 23.4. The van der Waals surface area contributed by atoms with Crippen molar-refractivity contribution in [2.45, 2.75) is 19.6 Å². The summed E-state index contributed by atoms with van der Waals surface area (Å²) >= 11 is 0. The van der Waals surface area contributed by atoms with Crippen molar-refractivity contribution in [2.24, 2.45) is 0 Å². The van der Waals surface area contributed by atoms with Gasteiger partial charge in [0, 0.05) is 16.5 Å². The van der Waals surface area contributed by atoms with Gasteiger partial charge in [-0.2, -0.15) is 0 Å². The smallest absolute Gasteiger partial charge is 0.326 e. The zero-order valence-electron chi connectivity index (χ0n) is 17.8. The highest BCUT2D eigenvalue weighted by Crippen LogP contribution is 2.19. The van der Waals surface area contributed by atoms with Crippen molar-refractivity contribution in [1.29, 1.82) is 0 Å². The summed E-state index contributed by atoms with van der Waals surface area (Å²) in [5.74, 6) is -1.44. The maximum absolute atomic E-state index is 12.8. The van der Waals surface area contributed by atoms with Gasteiger partial charge in [0.2, 0.25) is 0 Å². The number of benzene rings is 3. The van der Waals surface area contributed by atoms with E-state index in [1.165, 1.54) is 6.92 Å². The summed E-state index contributed by atoms with van der Waals surface area (Å²) in [6.45, 7) is 1.17. The van der Waals surface area contributed by atoms with Crippen LogP contribution in [-0.4, -0.2) is 28.6 Å². The maximum atomic E-state index is 12.8. The fraction of sp³-hybridized carbons (Fsp3) is 0.120. The third-order valence-corrected chi connectivity index (χ3v) is 5.11. The topological polar surface area (TPSA) is 106 Å². The number of hydrogen-bond acceptors (Lipinski definition) is 5. The molecule has 0 bridgehead atoms. The molecule has 1 atom stereocenters. The van der Waals surface area contributed by atoms with Gasteiger partial charge in [-0.1, -0.05) is 42.5 Å². The van der Waals surface area contributed by atoms with Gasteiger partial charge < -0.3 is 14.6 Å². The predicted octanol–water partition coefficient (Wildman–Crippen LogP) is 3.43. The molecule has 0 radical (unpaired) electrons. The fourth-order valence-corrected chi connectivity index (χ4v) is 3.56. The Kier molecular flexibility index (Phi) is 6.17. The van der Waals surface area contributed by atoms with E-state index in [4.69, 9.17) is 4.74 Å². The summed E-state index contributed by atoms with van der Waals surface area (Å²) in [7, 11) is 0.